The molecule has 4 heterocycles. The van der Waals surface area contributed by atoms with Gasteiger partial charge in [0.25, 0.3) is 5.24 Å². The van der Waals surface area contributed by atoms with Crippen molar-refractivity contribution >= 4 is 38.7 Å². The molecule has 5 rings (SSSR count). The van der Waals surface area contributed by atoms with Gasteiger partial charge >= 0.3 is 0 Å². The summed E-state index contributed by atoms with van der Waals surface area (Å²) in [6, 6.07) is 7.21. The molecule has 0 bridgehead atoms. The van der Waals surface area contributed by atoms with E-state index < -0.39 is 10.5 Å². The number of ketones is 1. The molecule has 2 aromatic heterocycles. The Bertz CT molecular complexity index is 1490. The van der Waals surface area contributed by atoms with Crippen molar-refractivity contribution in [3.8, 4) is 17.5 Å². The minimum Gasteiger partial charge on any atom is -0.474 e. The normalized spacial score (nSPS) is 17.8. The molecule has 1 atom stereocenters. The first kappa shape index (κ1) is 28.3. The number of rotatable bonds is 9. The standard InChI is InChI=1S/C29H32N6O5S/c1-4-21-13-30-28(31-14-21)34-10-8-23(9-11-34)39-26-20(3)27(33-18-32-26)40-24-7-5-6-22(12-24)16-41-17-25(37)35(29(41)38)15-19(2)36/h5-7,12-14,16,18,23H,4,8-11,15,17H2,1-3H3. The molecule has 11 nitrogen and oxygen atoms in total. The Labute approximate surface area is 240 Å². The summed E-state index contributed by atoms with van der Waals surface area (Å²) in [7, 11) is -0.936. The second-order valence-corrected chi connectivity index (χ2v) is 11.7. The molecule has 0 aliphatic carbocycles. The van der Waals surface area contributed by atoms with Crippen molar-refractivity contribution in [2.45, 2.75) is 46.1 Å². The zero-order valence-corrected chi connectivity index (χ0v) is 24.1. The number of carbonyl (C=O) groups excluding carboxylic acids is 3. The predicted octanol–water partition coefficient (Wildman–Crippen LogP) is 3.95. The Kier molecular flexibility index (Phi) is 8.67. The fraction of sp³-hybridized carbons (Fsp3) is 0.379. The minimum atomic E-state index is -0.936. The number of imide groups is 1. The van der Waals surface area contributed by atoms with Crippen molar-refractivity contribution < 1.29 is 23.9 Å². The molecule has 2 amide bonds. The summed E-state index contributed by atoms with van der Waals surface area (Å²) in [5.41, 5.74) is 2.54. The fourth-order valence-corrected chi connectivity index (χ4v) is 6.23. The van der Waals surface area contributed by atoms with E-state index in [1.807, 2.05) is 25.4 Å². The van der Waals surface area contributed by atoms with Crippen molar-refractivity contribution in [3.63, 3.8) is 0 Å². The van der Waals surface area contributed by atoms with Gasteiger partial charge in [0.1, 0.15) is 24.0 Å². The van der Waals surface area contributed by atoms with Gasteiger partial charge in [0.2, 0.25) is 23.6 Å². The molecule has 0 N–H and O–H groups in total. The SMILES string of the molecule is CCc1cnc(N2CCC(Oc3ncnc(Oc4cccc(/C=S5/CC(=O)N(CC(C)=O)C5=O)c4)c3C)CC2)nc1. The molecule has 0 spiro atoms. The van der Waals surface area contributed by atoms with E-state index in [9.17, 15) is 14.4 Å². The molecule has 214 valence electrons. The van der Waals surface area contributed by atoms with Gasteiger partial charge in [-0.15, -0.1) is 0 Å². The first-order valence-electron chi connectivity index (χ1n) is 13.5. The van der Waals surface area contributed by atoms with E-state index in [1.54, 1.807) is 23.6 Å². The number of benzene rings is 1. The fourth-order valence-electron chi connectivity index (χ4n) is 4.58. The summed E-state index contributed by atoms with van der Waals surface area (Å²) in [6.07, 6.45) is 7.70. The topological polar surface area (TPSA) is 128 Å². The molecule has 3 aromatic rings. The third kappa shape index (κ3) is 6.76. The van der Waals surface area contributed by atoms with Gasteiger partial charge in [-0.2, -0.15) is 0 Å². The molecule has 2 aliphatic rings. The van der Waals surface area contributed by atoms with Crippen LogP contribution in [0.4, 0.5) is 10.7 Å². The molecular weight excluding hydrogens is 544 g/mol. The van der Waals surface area contributed by atoms with Crippen LogP contribution < -0.4 is 14.4 Å². The summed E-state index contributed by atoms with van der Waals surface area (Å²) < 4.78 is 12.3. The lowest BCUT2D eigenvalue weighted by molar-refractivity contribution is -0.128. The number of nitrogens with zero attached hydrogens (tertiary/aromatic N) is 6. The highest BCUT2D eigenvalue weighted by molar-refractivity contribution is 8.28. The largest absolute Gasteiger partial charge is 0.474 e. The maximum atomic E-state index is 12.7. The summed E-state index contributed by atoms with van der Waals surface area (Å²) in [5, 5.41) is 1.42. The van der Waals surface area contributed by atoms with E-state index in [0.717, 1.165) is 54.3 Å². The maximum absolute atomic E-state index is 12.7. The van der Waals surface area contributed by atoms with Crippen LogP contribution in [0.15, 0.2) is 43.0 Å². The van der Waals surface area contributed by atoms with Gasteiger partial charge in [-0.25, -0.2) is 19.9 Å². The highest BCUT2D eigenvalue weighted by atomic mass is 32.2. The van der Waals surface area contributed by atoms with Crippen LogP contribution >= 0.6 is 10.5 Å². The molecule has 41 heavy (non-hydrogen) atoms. The average molecular weight is 577 g/mol. The molecular formula is C29H32N6O5S. The molecule has 0 saturated carbocycles. The number of hydrogen-bond donors (Lipinski definition) is 0. The molecule has 2 fully saturated rings. The maximum Gasteiger partial charge on any atom is 0.283 e. The van der Waals surface area contributed by atoms with Crippen molar-refractivity contribution in [2.24, 2.45) is 0 Å². The van der Waals surface area contributed by atoms with Crippen LogP contribution in [-0.2, 0) is 16.0 Å². The van der Waals surface area contributed by atoms with E-state index in [1.165, 1.54) is 13.3 Å². The lowest BCUT2D eigenvalue weighted by Gasteiger charge is -2.32. The summed E-state index contributed by atoms with van der Waals surface area (Å²) in [5.74, 6) is 1.63. The Hall–Kier alpha value is -4.19. The van der Waals surface area contributed by atoms with Crippen LogP contribution in [0.2, 0.25) is 0 Å². The van der Waals surface area contributed by atoms with Crippen LogP contribution in [0.5, 0.6) is 17.5 Å². The van der Waals surface area contributed by atoms with Crippen LogP contribution in [0.1, 0.15) is 43.4 Å². The highest BCUT2D eigenvalue weighted by Gasteiger charge is 2.33. The zero-order valence-electron chi connectivity index (χ0n) is 23.3. The van der Waals surface area contributed by atoms with E-state index >= 15 is 0 Å². The number of aromatic nitrogens is 4. The molecule has 2 saturated heterocycles. The van der Waals surface area contributed by atoms with Gasteiger partial charge in [-0.3, -0.25) is 19.3 Å². The number of anilines is 1. The zero-order chi connectivity index (χ0) is 28.9. The van der Waals surface area contributed by atoms with Crippen LogP contribution in [0.3, 0.4) is 0 Å². The van der Waals surface area contributed by atoms with Crippen molar-refractivity contribution in [1.29, 1.82) is 0 Å². The van der Waals surface area contributed by atoms with Gasteiger partial charge in [-0.05, 0) is 48.9 Å². The van der Waals surface area contributed by atoms with E-state index in [-0.39, 0.29) is 35.3 Å². The highest BCUT2D eigenvalue weighted by Crippen LogP contribution is 2.31. The van der Waals surface area contributed by atoms with Gasteiger partial charge in [0, 0.05) is 38.3 Å². The van der Waals surface area contributed by atoms with Gasteiger partial charge < -0.3 is 14.4 Å². The summed E-state index contributed by atoms with van der Waals surface area (Å²) in [6.45, 7) is 6.69. The predicted molar refractivity (Wildman–Crippen MR) is 156 cm³/mol. The third-order valence-electron chi connectivity index (χ3n) is 6.85. The Morgan fingerprint density at radius 3 is 2.54 bits per heavy atom. The van der Waals surface area contributed by atoms with Gasteiger partial charge in [0.05, 0.1) is 17.9 Å². The van der Waals surface area contributed by atoms with Crippen LogP contribution in [-0.4, -0.2) is 78.6 Å². The van der Waals surface area contributed by atoms with Gasteiger partial charge in [-0.1, -0.05) is 29.5 Å². The first-order chi connectivity index (χ1) is 19.8. The Morgan fingerprint density at radius 1 is 1.10 bits per heavy atom. The number of carbonyl (C=O) groups is 3. The van der Waals surface area contributed by atoms with Crippen molar-refractivity contribution in [1.82, 2.24) is 24.8 Å². The van der Waals surface area contributed by atoms with Gasteiger partial charge in [0.15, 0.2) is 0 Å². The van der Waals surface area contributed by atoms with E-state index in [0.29, 0.717) is 23.1 Å². The number of ether oxygens (including phenoxy) is 2. The first-order valence-corrected chi connectivity index (χ1v) is 15.0. The monoisotopic (exact) mass is 576 g/mol. The van der Waals surface area contributed by atoms with E-state index in [2.05, 4.69) is 31.8 Å². The Morgan fingerprint density at radius 2 is 1.83 bits per heavy atom. The second-order valence-electron chi connectivity index (χ2n) is 9.97. The molecule has 2 aliphatic heterocycles. The number of Topliss-reactive ketones (excluding diaryl/α,β-unsaturated/α-hetero) is 1. The van der Waals surface area contributed by atoms with Crippen LogP contribution in [0, 0.1) is 6.92 Å². The molecule has 1 unspecified atom stereocenters. The lowest BCUT2D eigenvalue weighted by atomic mass is 10.1. The number of amides is 2. The van der Waals surface area contributed by atoms with Crippen molar-refractivity contribution in [2.75, 3.05) is 30.3 Å². The quantitative estimate of drug-likeness (QED) is 0.346. The lowest BCUT2D eigenvalue weighted by Crippen LogP contribution is -2.39. The van der Waals surface area contributed by atoms with Crippen LogP contribution in [0.25, 0.3) is 0 Å². The Balaban J connectivity index is 1.22. The molecule has 1 aromatic carbocycles. The number of piperidine rings is 1. The second kappa shape index (κ2) is 12.5. The average Bonchev–Trinajstić information content (AvgIpc) is 3.22. The summed E-state index contributed by atoms with van der Waals surface area (Å²) in [4.78, 5) is 57.1. The third-order valence-corrected chi connectivity index (χ3v) is 8.63. The smallest absolute Gasteiger partial charge is 0.283 e. The van der Waals surface area contributed by atoms with Crippen molar-refractivity contribution in [3.05, 3.63) is 59.7 Å². The number of aryl methyl sites for hydroxylation is 1. The van der Waals surface area contributed by atoms with E-state index in [4.69, 9.17) is 9.47 Å². The number of hydrogen-bond acceptors (Lipinski definition) is 10. The molecule has 0 radical (unpaired) electrons. The minimum absolute atomic E-state index is 0.00392. The summed E-state index contributed by atoms with van der Waals surface area (Å²) >= 11 is 0. The molecule has 12 heteroatoms.